The smallest absolute Gasteiger partial charge is 0.245 e. The number of hydrogen-bond donors (Lipinski definition) is 1. The molecule has 0 spiro atoms. The van der Waals surface area contributed by atoms with Gasteiger partial charge >= 0.3 is 0 Å². The molecule has 4 nitrogen and oxygen atoms in total. The van der Waals surface area contributed by atoms with E-state index in [0.717, 1.165) is 9.87 Å². The highest BCUT2D eigenvalue weighted by Crippen LogP contribution is 2.21. The first-order valence-electron chi connectivity index (χ1n) is 6.66. The van der Waals surface area contributed by atoms with Crippen LogP contribution in [-0.4, -0.2) is 31.9 Å². The van der Waals surface area contributed by atoms with E-state index in [-0.39, 0.29) is 17.0 Å². The number of nitrogens with zero attached hydrogens (tertiary/aromatic N) is 1. The largest absolute Gasteiger partial charge is 0.310 e. The van der Waals surface area contributed by atoms with Crippen LogP contribution in [0.2, 0.25) is 0 Å². The van der Waals surface area contributed by atoms with Gasteiger partial charge in [-0.25, -0.2) is 12.8 Å². The summed E-state index contributed by atoms with van der Waals surface area (Å²) in [6.45, 7) is 7.99. The Morgan fingerprint density at radius 3 is 2.30 bits per heavy atom. The molecule has 1 rings (SSSR count). The summed E-state index contributed by atoms with van der Waals surface area (Å²) in [6.07, 6.45) is 0. The number of benzene rings is 1. The molecule has 114 valence electrons. The molecule has 1 aromatic carbocycles. The van der Waals surface area contributed by atoms with Crippen LogP contribution >= 0.6 is 0 Å². The molecule has 0 aromatic heterocycles. The normalized spacial score (nSPS) is 12.7. The molecule has 0 radical (unpaired) electrons. The molecule has 0 aliphatic rings. The van der Waals surface area contributed by atoms with Crippen LogP contribution in [0.25, 0.3) is 0 Å². The van der Waals surface area contributed by atoms with Gasteiger partial charge in [-0.3, -0.25) is 0 Å². The van der Waals surface area contributed by atoms with Gasteiger partial charge in [-0.1, -0.05) is 19.9 Å². The molecule has 0 saturated carbocycles. The van der Waals surface area contributed by atoms with Crippen molar-refractivity contribution in [2.75, 3.05) is 7.05 Å². The van der Waals surface area contributed by atoms with Crippen LogP contribution in [0.3, 0.4) is 0 Å². The summed E-state index contributed by atoms with van der Waals surface area (Å²) in [5.41, 5.74) is 0.724. The van der Waals surface area contributed by atoms with E-state index >= 15 is 0 Å². The summed E-state index contributed by atoms with van der Waals surface area (Å²) >= 11 is 0. The molecule has 0 amide bonds. The molecule has 0 atom stereocenters. The Kier molecular flexibility index (Phi) is 5.68. The lowest BCUT2D eigenvalue weighted by Gasteiger charge is -2.21. The Balaban J connectivity index is 3.04. The van der Waals surface area contributed by atoms with Crippen molar-refractivity contribution in [2.24, 2.45) is 0 Å². The molecule has 0 bridgehead atoms. The zero-order valence-corrected chi connectivity index (χ0v) is 13.5. The minimum absolute atomic E-state index is 0.221. The molecule has 1 aromatic rings. The van der Waals surface area contributed by atoms with Gasteiger partial charge in [0.2, 0.25) is 10.0 Å². The Hall–Kier alpha value is -0.980. The predicted molar refractivity (Wildman–Crippen MR) is 78.5 cm³/mol. The highest BCUT2D eigenvalue weighted by molar-refractivity contribution is 7.89. The summed E-state index contributed by atoms with van der Waals surface area (Å²) in [6, 6.07) is 4.31. The third kappa shape index (κ3) is 4.01. The number of sulfonamides is 1. The fraction of sp³-hybridized carbons (Fsp3) is 0.571. The van der Waals surface area contributed by atoms with Gasteiger partial charge in [-0.05, 0) is 31.5 Å². The van der Waals surface area contributed by atoms with E-state index in [2.05, 4.69) is 5.32 Å². The Morgan fingerprint density at radius 1 is 1.25 bits per heavy atom. The quantitative estimate of drug-likeness (QED) is 0.877. The second-order valence-electron chi connectivity index (χ2n) is 5.42. The van der Waals surface area contributed by atoms with Crippen LogP contribution in [-0.2, 0) is 16.6 Å². The number of halogens is 1. The lowest BCUT2D eigenvalue weighted by Crippen LogP contribution is -2.33. The van der Waals surface area contributed by atoms with Crippen molar-refractivity contribution in [3.63, 3.8) is 0 Å². The van der Waals surface area contributed by atoms with Gasteiger partial charge < -0.3 is 5.32 Å². The molecule has 0 saturated heterocycles. The molecular weight excluding hydrogens is 279 g/mol. The van der Waals surface area contributed by atoms with Crippen LogP contribution in [0, 0.1) is 5.82 Å². The Labute approximate surface area is 121 Å². The van der Waals surface area contributed by atoms with E-state index in [1.54, 1.807) is 19.9 Å². The first-order valence-corrected chi connectivity index (χ1v) is 8.10. The highest BCUT2D eigenvalue weighted by atomic mass is 32.2. The van der Waals surface area contributed by atoms with Crippen molar-refractivity contribution in [2.45, 2.75) is 51.2 Å². The van der Waals surface area contributed by atoms with Gasteiger partial charge in [0, 0.05) is 25.7 Å². The predicted octanol–water partition coefficient (Wildman–Crippen LogP) is 2.35. The molecule has 1 N–H and O–H groups in total. The van der Waals surface area contributed by atoms with Crippen molar-refractivity contribution in [3.8, 4) is 0 Å². The van der Waals surface area contributed by atoms with Crippen LogP contribution < -0.4 is 5.32 Å². The second-order valence-corrected chi connectivity index (χ2v) is 7.38. The third-order valence-corrected chi connectivity index (χ3v) is 5.16. The minimum Gasteiger partial charge on any atom is -0.310 e. The van der Waals surface area contributed by atoms with Crippen molar-refractivity contribution >= 4 is 10.0 Å². The van der Waals surface area contributed by atoms with Crippen molar-refractivity contribution in [3.05, 3.63) is 29.6 Å². The van der Waals surface area contributed by atoms with Gasteiger partial charge in [-0.15, -0.1) is 0 Å². The topological polar surface area (TPSA) is 49.4 Å². The number of hydrogen-bond acceptors (Lipinski definition) is 3. The van der Waals surface area contributed by atoms with E-state index in [1.165, 1.54) is 19.2 Å². The van der Waals surface area contributed by atoms with Gasteiger partial charge in [-0.2, -0.15) is 4.31 Å². The summed E-state index contributed by atoms with van der Waals surface area (Å²) in [4.78, 5) is -0.276. The molecule has 0 heterocycles. The monoisotopic (exact) mass is 302 g/mol. The maximum Gasteiger partial charge on any atom is 0.245 e. The maximum absolute atomic E-state index is 14.1. The molecule has 0 aliphatic heterocycles. The van der Waals surface area contributed by atoms with Crippen molar-refractivity contribution in [1.29, 1.82) is 0 Å². The average molecular weight is 302 g/mol. The van der Waals surface area contributed by atoms with Crippen molar-refractivity contribution in [1.82, 2.24) is 9.62 Å². The van der Waals surface area contributed by atoms with E-state index in [4.69, 9.17) is 0 Å². The summed E-state index contributed by atoms with van der Waals surface area (Å²) in [5.74, 6) is -0.708. The first-order chi connectivity index (χ1) is 9.16. The van der Waals surface area contributed by atoms with E-state index in [0.29, 0.717) is 6.54 Å². The molecule has 20 heavy (non-hydrogen) atoms. The van der Waals surface area contributed by atoms with Gasteiger partial charge in [0.15, 0.2) is 0 Å². The first kappa shape index (κ1) is 17.1. The minimum atomic E-state index is -3.78. The van der Waals surface area contributed by atoms with Crippen LogP contribution in [0.1, 0.15) is 33.3 Å². The van der Waals surface area contributed by atoms with Gasteiger partial charge in [0.25, 0.3) is 0 Å². The zero-order chi connectivity index (χ0) is 15.5. The third-order valence-electron chi connectivity index (χ3n) is 3.09. The van der Waals surface area contributed by atoms with Gasteiger partial charge in [0.1, 0.15) is 10.7 Å². The van der Waals surface area contributed by atoms with E-state index < -0.39 is 15.8 Å². The summed E-state index contributed by atoms with van der Waals surface area (Å²) < 4.78 is 39.7. The second kappa shape index (κ2) is 6.65. The van der Waals surface area contributed by atoms with Crippen LogP contribution in [0.4, 0.5) is 4.39 Å². The van der Waals surface area contributed by atoms with E-state index in [9.17, 15) is 12.8 Å². The Bertz CT molecular complexity index is 556. The number of nitrogens with one attached hydrogen (secondary N) is 1. The maximum atomic E-state index is 14.1. The fourth-order valence-corrected chi connectivity index (χ4v) is 3.03. The zero-order valence-electron chi connectivity index (χ0n) is 12.6. The Morgan fingerprint density at radius 2 is 1.85 bits per heavy atom. The molecule has 0 fully saturated rings. The fourth-order valence-electron chi connectivity index (χ4n) is 1.62. The standard InChI is InChI=1S/C14H23FN2O2S/c1-10(2)16-9-12-6-7-14(13(15)8-12)20(18,19)17(5)11(3)4/h6-8,10-11,16H,9H2,1-5H3. The molecular formula is C14H23FN2O2S. The summed E-state index contributed by atoms with van der Waals surface area (Å²) in [5, 5.41) is 3.16. The van der Waals surface area contributed by atoms with Gasteiger partial charge in [0.05, 0.1) is 0 Å². The number of rotatable bonds is 6. The SMILES string of the molecule is CC(C)NCc1ccc(S(=O)(=O)N(C)C(C)C)c(F)c1. The highest BCUT2D eigenvalue weighted by Gasteiger charge is 2.26. The molecule has 6 heteroatoms. The molecule has 0 unspecified atom stereocenters. The lowest BCUT2D eigenvalue weighted by atomic mass is 10.2. The average Bonchev–Trinajstić information content (AvgIpc) is 2.34. The summed E-state index contributed by atoms with van der Waals surface area (Å²) in [7, 11) is -2.33. The van der Waals surface area contributed by atoms with E-state index in [1.807, 2.05) is 13.8 Å². The van der Waals surface area contributed by atoms with Crippen LogP contribution in [0.5, 0.6) is 0 Å². The lowest BCUT2D eigenvalue weighted by molar-refractivity contribution is 0.407. The van der Waals surface area contributed by atoms with Crippen molar-refractivity contribution < 1.29 is 12.8 Å². The van der Waals surface area contributed by atoms with Crippen LogP contribution in [0.15, 0.2) is 23.1 Å². The molecule has 0 aliphatic carbocycles.